The van der Waals surface area contributed by atoms with Gasteiger partial charge in [0.2, 0.25) is 5.91 Å². The van der Waals surface area contributed by atoms with E-state index < -0.39 is 0 Å². The average Bonchev–Trinajstić information content (AvgIpc) is 3.07. The maximum Gasteiger partial charge on any atom is 0.246 e. The topological polar surface area (TPSA) is 78.8 Å². The fourth-order valence-electron chi connectivity index (χ4n) is 3.40. The summed E-state index contributed by atoms with van der Waals surface area (Å²) < 4.78 is 2.02. The van der Waals surface area contributed by atoms with Crippen molar-refractivity contribution in [2.24, 2.45) is 0 Å². The highest BCUT2D eigenvalue weighted by Crippen LogP contribution is 2.23. The lowest BCUT2D eigenvalue weighted by molar-refractivity contribution is -0.134. The predicted molar refractivity (Wildman–Crippen MR) is 80.0 cm³/mol. The fourth-order valence-corrected chi connectivity index (χ4v) is 3.40. The van der Waals surface area contributed by atoms with Crippen molar-refractivity contribution in [2.75, 3.05) is 13.1 Å². The number of fused-ring (bicyclic) bond motifs is 2. The third kappa shape index (κ3) is 2.21. The van der Waals surface area contributed by atoms with Gasteiger partial charge in [-0.3, -0.25) is 9.48 Å². The number of nitrogens with one attached hydrogen (secondary N) is 2. The zero-order chi connectivity index (χ0) is 15.1. The highest BCUT2D eigenvalue weighted by atomic mass is 16.2. The smallest absolute Gasteiger partial charge is 0.246 e. The Morgan fingerprint density at radius 3 is 3.23 bits per heavy atom. The molecule has 0 saturated heterocycles. The van der Waals surface area contributed by atoms with Gasteiger partial charge in [0.15, 0.2) is 0 Å². The number of imidazole rings is 1. The van der Waals surface area contributed by atoms with Crippen molar-refractivity contribution in [1.82, 2.24) is 30.0 Å². The number of carbonyl (C=O) groups excluding carboxylic acids is 1. The molecular weight excluding hydrogens is 280 g/mol. The molecule has 0 radical (unpaired) electrons. The molecule has 4 rings (SSSR count). The Bertz CT molecular complexity index is 703. The van der Waals surface area contributed by atoms with Crippen LogP contribution in [0.1, 0.15) is 35.2 Å². The molecule has 22 heavy (non-hydrogen) atoms. The van der Waals surface area contributed by atoms with Gasteiger partial charge < -0.3 is 15.2 Å². The van der Waals surface area contributed by atoms with Crippen LogP contribution in [0, 0.1) is 6.92 Å². The maximum absolute atomic E-state index is 13.0. The van der Waals surface area contributed by atoms with E-state index in [0.717, 1.165) is 55.3 Å². The van der Waals surface area contributed by atoms with E-state index in [4.69, 9.17) is 0 Å². The standard InChI is InChI=1S/C15H20N6O/c1-10-7-11-8-20(5-2-6-21(11)19-10)15(22)14-13-12(3-4-16-14)17-9-18-13/h7,9,14,16H,2-6,8H2,1H3,(H,17,18). The summed E-state index contributed by atoms with van der Waals surface area (Å²) in [5.74, 6) is 0.111. The van der Waals surface area contributed by atoms with E-state index in [1.54, 1.807) is 6.33 Å². The zero-order valence-electron chi connectivity index (χ0n) is 12.7. The Morgan fingerprint density at radius 1 is 1.41 bits per heavy atom. The van der Waals surface area contributed by atoms with Crippen LogP contribution in [-0.4, -0.2) is 43.6 Å². The molecule has 2 aliphatic rings. The monoisotopic (exact) mass is 300 g/mol. The van der Waals surface area contributed by atoms with Crippen molar-refractivity contribution in [2.45, 2.75) is 38.9 Å². The number of aryl methyl sites for hydroxylation is 2. The molecule has 0 saturated carbocycles. The normalized spacial score (nSPS) is 21.1. The summed E-state index contributed by atoms with van der Waals surface area (Å²) in [4.78, 5) is 22.4. The molecule has 2 aromatic heterocycles. The van der Waals surface area contributed by atoms with Gasteiger partial charge >= 0.3 is 0 Å². The Balaban J connectivity index is 1.59. The minimum Gasteiger partial charge on any atom is -0.348 e. The summed E-state index contributed by atoms with van der Waals surface area (Å²) in [7, 11) is 0. The number of rotatable bonds is 1. The molecule has 2 aliphatic heterocycles. The molecule has 0 aliphatic carbocycles. The largest absolute Gasteiger partial charge is 0.348 e. The molecule has 0 spiro atoms. The molecule has 1 amide bonds. The predicted octanol–water partition coefficient (Wildman–Crippen LogP) is 0.534. The molecule has 0 aromatic carbocycles. The van der Waals surface area contributed by atoms with E-state index in [-0.39, 0.29) is 11.9 Å². The molecule has 116 valence electrons. The molecule has 0 fully saturated rings. The Kier molecular flexibility index (Phi) is 3.22. The third-order valence-electron chi connectivity index (χ3n) is 4.44. The number of hydrogen-bond acceptors (Lipinski definition) is 4. The summed E-state index contributed by atoms with van der Waals surface area (Å²) in [5, 5.41) is 7.80. The van der Waals surface area contributed by atoms with Crippen LogP contribution in [0.5, 0.6) is 0 Å². The number of nitrogens with zero attached hydrogens (tertiary/aromatic N) is 4. The minimum atomic E-state index is -0.328. The van der Waals surface area contributed by atoms with Gasteiger partial charge in [0.05, 0.1) is 30.0 Å². The van der Waals surface area contributed by atoms with E-state index in [1.165, 1.54) is 0 Å². The van der Waals surface area contributed by atoms with Gasteiger partial charge in [0, 0.05) is 31.7 Å². The average molecular weight is 300 g/mol. The van der Waals surface area contributed by atoms with Crippen molar-refractivity contribution in [3.63, 3.8) is 0 Å². The number of aromatic nitrogens is 4. The van der Waals surface area contributed by atoms with Crippen molar-refractivity contribution >= 4 is 5.91 Å². The van der Waals surface area contributed by atoms with E-state index >= 15 is 0 Å². The van der Waals surface area contributed by atoms with Crippen molar-refractivity contribution in [3.05, 3.63) is 35.2 Å². The lowest BCUT2D eigenvalue weighted by Gasteiger charge is -2.28. The summed E-state index contributed by atoms with van der Waals surface area (Å²) in [6, 6.07) is 1.74. The summed E-state index contributed by atoms with van der Waals surface area (Å²) in [5.41, 5.74) is 4.05. The second kappa shape index (κ2) is 5.24. The van der Waals surface area contributed by atoms with Crippen LogP contribution in [0.15, 0.2) is 12.4 Å². The Labute approximate surface area is 128 Å². The zero-order valence-corrected chi connectivity index (χ0v) is 12.7. The van der Waals surface area contributed by atoms with Gasteiger partial charge in [0.1, 0.15) is 6.04 Å². The van der Waals surface area contributed by atoms with Gasteiger partial charge in [-0.05, 0) is 19.4 Å². The van der Waals surface area contributed by atoms with Crippen LogP contribution in [0.3, 0.4) is 0 Å². The van der Waals surface area contributed by atoms with E-state index in [1.807, 2.05) is 16.5 Å². The van der Waals surface area contributed by atoms with E-state index in [9.17, 15) is 4.79 Å². The van der Waals surface area contributed by atoms with Crippen LogP contribution in [-0.2, 0) is 24.3 Å². The first kappa shape index (κ1) is 13.5. The first-order valence-electron chi connectivity index (χ1n) is 7.80. The van der Waals surface area contributed by atoms with Crippen molar-refractivity contribution in [3.8, 4) is 0 Å². The Hall–Kier alpha value is -2.15. The van der Waals surface area contributed by atoms with Crippen LogP contribution >= 0.6 is 0 Å². The van der Waals surface area contributed by atoms with Gasteiger partial charge in [-0.1, -0.05) is 0 Å². The molecule has 7 heteroatoms. The van der Waals surface area contributed by atoms with Crippen LogP contribution in [0.25, 0.3) is 0 Å². The van der Waals surface area contributed by atoms with Gasteiger partial charge in [0.25, 0.3) is 0 Å². The van der Waals surface area contributed by atoms with Crippen LogP contribution in [0.4, 0.5) is 0 Å². The first-order chi connectivity index (χ1) is 10.7. The SMILES string of the molecule is Cc1cc2n(n1)CCCN(C(=O)C1NCCc3[nH]cnc31)C2. The number of hydrogen-bond donors (Lipinski definition) is 2. The second-order valence-corrected chi connectivity index (χ2v) is 6.02. The van der Waals surface area contributed by atoms with Crippen molar-refractivity contribution < 1.29 is 4.79 Å². The molecule has 7 nitrogen and oxygen atoms in total. The van der Waals surface area contributed by atoms with Gasteiger partial charge in [-0.2, -0.15) is 5.10 Å². The van der Waals surface area contributed by atoms with Gasteiger partial charge in [-0.15, -0.1) is 0 Å². The molecule has 4 heterocycles. The van der Waals surface area contributed by atoms with E-state index in [0.29, 0.717) is 6.54 Å². The number of amides is 1. The lowest BCUT2D eigenvalue weighted by Crippen LogP contribution is -2.43. The quantitative estimate of drug-likeness (QED) is 0.805. The molecular formula is C15H20N6O. The van der Waals surface area contributed by atoms with Crippen LogP contribution in [0.2, 0.25) is 0 Å². The molecule has 2 aromatic rings. The van der Waals surface area contributed by atoms with E-state index in [2.05, 4.69) is 26.4 Å². The molecule has 1 unspecified atom stereocenters. The summed E-state index contributed by atoms with van der Waals surface area (Å²) in [6.07, 6.45) is 3.50. The first-order valence-corrected chi connectivity index (χ1v) is 7.80. The summed E-state index contributed by atoms with van der Waals surface area (Å²) >= 11 is 0. The second-order valence-electron chi connectivity index (χ2n) is 6.02. The number of carbonyl (C=O) groups is 1. The molecule has 2 N–H and O–H groups in total. The summed E-state index contributed by atoms with van der Waals surface area (Å²) in [6.45, 7) is 5.05. The Morgan fingerprint density at radius 2 is 2.32 bits per heavy atom. The number of H-pyrrole nitrogens is 1. The minimum absolute atomic E-state index is 0.111. The van der Waals surface area contributed by atoms with Gasteiger partial charge in [-0.25, -0.2) is 4.98 Å². The maximum atomic E-state index is 13.0. The highest BCUT2D eigenvalue weighted by molar-refractivity contribution is 5.83. The lowest BCUT2D eigenvalue weighted by atomic mass is 10.0. The third-order valence-corrected chi connectivity index (χ3v) is 4.44. The highest BCUT2D eigenvalue weighted by Gasteiger charge is 2.32. The van der Waals surface area contributed by atoms with Crippen molar-refractivity contribution in [1.29, 1.82) is 0 Å². The molecule has 1 atom stereocenters. The fraction of sp³-hybridized carbons (Fsp3) is 0.533. The molecule has 0 bridgehead atoms. The number of aromatic amines is 1. The van der Waals surface area contributed by atoms with Crippen LogP contribution < -0.4 is 5.32 Å².